The number of benzene rings is 1. The van der Waals surface area contributed by atoms with Crippen LogP contribution in [-0.2, 0) is 11.3 Å². The second kappa shape index (κ2) is 9.70. The smallest absolute Gasteiger partial charge is 0.114 e. The van der Waals surface area contributed by atoms with Gasteiger partial charge in [-0.1, -0.05) is 41.6 Å². The maximum Gasteiger partial charge on any atom is 0.114 e. The van der Waals surface area contributed by atoms with Crippen molar-refractivity contribution < 1.29 is 4.84 Å². The van der Waals surface area contributed by atoms with E-state index in [1.54, 1.807) is 0 Å². The lowest BCUT2D eigenvalue weighted by Crippen LogP contribution is -2.13. The Morgan fingerprint density at radius 2 is 1.94 bits per heavy atom. The first-order valence-corrected chi connectivity index (χ1v) is 11.3. The van der Waals surface area contributed by atoms with Gasteiger partial charge in [-0.2, -0.15) is 5.10 Å². The van der Waals surface area contributed by atoms with Crippen LogP contribution in [0.25, 0.3) is 22.2 Å². The van der Waals surface area contributed by atoms with Crippen molar-refractivity contribution in [1.82, 2.24) is 24.7 Å². The molecule has 0 spiro atoms. The second-order valence-electron chi connectivity index (χ2n) is 8.14. The summed E-state index contributed by atoms with van der Waals surface area (Å²) in [6.45, 7) is 4.45. The Hall–Kier alpha value is -4.26. The van der Waals surface area contributed by atoms with Crippen LogP contribution in [0.15, 0.2) is 90.7 Å². The van der Waals surface area contributed by atoms with E-state index in [0.29, 0.717) is 13.0 Å². The fraction of sp³-hybridized carbons (Fsp3) is 0.185. The van der Waals surface area contributed by atoms with Gasteiger partial charge in [0.15, 0.2) is 0 Å². The predicted molar refractivity (Wildman–Crippen MR) is 134 cm³/mol. The largest absolute Gasteiger partial charge is 0.396 e. The van der Waals surface area contributed by atoms with Crippen molar-refractivity contribution in [3.8, 4) is 11.1 Å². The highest BCUT2D eigenvalue weighted by molar-refractivity contribution is 5.94. The van der Waals surface area contributed by atoms with E-state index in [2.05, 4.69) is 62.5 Å². The van der Waals surface area contributed by atoms with Crippen molar-refractivity contribution in [1.29, 1.82) is 0 Å². The van der Waals surface area contributed by atoms with Crippen LogP contribution in [0.1, 0.15) is 36.7 Å². The lowest BCUT2D eigenvalue weighted by molar-refractivity contribution is 0.158. The van der Waals surface area contributed by atoms with Crippen molar-refractivity contribution in [2.45, 2.75) is 26.3 Å². The molecule has 1 atom stereocenters. The van der Waals surface area contributed by atoms with Gasteiger partial charge in [0.05, 0.1) is 28.6 Å². The van der Waals surface area contributed by atoms with Gasteiger partial charge in [0.2, 0.25) is 0 Å². The topological polar surface area (TPSA) is 81.0 Å². The van der Waals surface area contributed by atoms with Crippen LogP contribution in [0.2, 0.25) is 0 Å². The van der Waals surface area contributed by atoms with E-state index < -0.39 is 0 Å². The van der Waals surface area contributed by atoms with Crippen LogP contribution < -0.4 is 0 Å². The molecule has 34 heavy (non-hydrogen) atoms. The fourth-order valence-corrected chi connectivity index (χ4v) is 4.24. The van der Waals surface area contributed by atoms with Crippen LogP contribution in [-0.4, -0.2) is 37.1 Å². The minimum Gasteiger partial charge on any atom is -0.396 e. The van der Waals surface area contributed by atoms with Crippen LogP contribution in [0.4, 0.5) is 0 Å². The number of nitrogens with one attached hydrogen (secondary N) is 1. The summed E-state index contributed by atoms with van der Waals surface area (Å²) in [6, 6.07) is 18.5. The fourth-order valence-electron chi connectivity index (χ4n) is 4.24. The first kappa shape index (κ1) is 21.6. The summed E-state index contributed by atoms with van der Waals surface area (Å²) in [7, 11) is 0. The lowest BCUT2D eigenvalue weighted by atomic mass is 10.0. The summed E-state index contributed by atoms with van der Waals surface area (Å²) < 4.78 is 2.26. The van der Waals surface area contributed by atoms with Crippen molar-refractivity contribution >= 4 is 16.7 Å². The predicted octanol–water partition coefficient (Wildman–Crippen LogP) is 5.41. The number of oxime groups is 1. The highest BCUT2D eigenvalue weighted by atomic mass is 16.6. The Balaban J connectivity index is 1.71. The van der Waals surface area contributed by atoms with E-state index in [9.17, 15) is 0 Å². The quantitative estimate of drug-likeness (QED) is 0.253. The molecule has 1 unspecified atom stereocenters. The van der Waals surface area contributed by atoms with Gasteiger partial charge in [-0.05, 0) is 43.2 Å². The molecule has 7 nitrogen and oxygen atoms in total. The standard InChI is InChI=1S/C27H26N6O/c1-3-34-32-19(2)13-20-14-25-26(29-15-20)23(22-16-30-31-17-22)18-33(25)27(21-9-5-4-6-10-21)24-11-7-8-12-28-24/h4-12,14-18,27H,3,13H2,1-2H3,(H,30,31). The molecule has 0 aliphatic heterocycles. The molecule has 0 amide bonds. The van der Waals surface area contributed by atoms with Gasteiger partial charge in [-0.15, -0.1) is 0 Å². The molecule has 5 aromatic rings. The summed E-state index contributed by atoms with van der Waals surface area (Å²) in [5.41, 5.74) is 8.04. The third-order valence-electron chi connectivity index (χ3n) is 5.71. The number of aromatic nitrogens is 5. The second-order valence-corrected chi connectivity index (χ2v) is 8.14. The van der Waals surface area contributed by atoms with Gasteiger partial charge >= 0.3 is 0 Å². The van der Waals surface area contributed by atoms with E-state index in [1.165, 1.54) is 0 Å². The minimum absolute atomic E-state index is 0.110. The highest BCUT2D eigenvalue weighted by Crippen LogP contribution is 2.35. The van der Waals surface area contributed by atoms with Crippen LogP contribution in [0.3, 0.4) is 0 Å². The maximum atomic E-state index is 5.23. The van der Waals surface area contributed by atoms with Crippen molar-refractivity contribution in [2.75, 3.05) is 6.61 Å². The van der Waals surface area contributed by atoms with E-state index in [4.69, 9.17) is 14.8 Å². The molecule has 0 fully saturated rings. The zero-order chi connectivity index (χ0) is 23.3. The average Bonchev–Trinajstić information content (AvgIpc) is 3.53. The molecule has 0 aliphatic rings. The summed E-state index contributed by atoms with van der Waals surface area (Å²) in [4.78, 5) is 14.8. The third kappa shape index (κ3) is 4.32. The average molecular weight is 451 g/mol. The van der Waals surface area contributed by atoms with Crippen molar-refractivity contribution in [3.63, 3.8) is 0 Å². The summed E-state index contributed by atoms with van der Waals surface area (Å²) in [5.74, 6) is 0. The third-order valence-corrected chi connectivity index (χ3v) is 5.71. The van der Waals surface area contributed by atoms with Crippen LogP contribution >= 0.6 is 0 Å². The molecular weight excluding hydrogens is 424 g/mol. The summed E-state index contributed by atoms with van der Waals surface area (Å²) in [5, 5.41) is 11.3. The van der Waals surface area contributed by atoms with Gasteiger partial charge in [0, 0.05) is 42.3 Å². The van der Waals surface area contributed by atoms with E-state index in [1.807, 2.05) is 56.8 Å². The molecule has 170 valence electrons. The lowest BCUT2D eigenvalue weighted by Gasteiger charge is -2.20. The van der Waals surface area contributed by atoms with Crippen molar-refractivity contribution in [2.24, 2.45) is 5.16 Å². The number of H-pyrrole nitrogens is 1. The molecule has 5 rings (SSSR count). The zero-order valence-corrected chi connectivity index (χ0v) is 19.2. The van der Waals surface area contributed by atoms with Crippen LogP contribution in [0, 0.1) is 0 Å². The summed E-state index contributed by atoms with van der Waals surface area (Å²) in [6.07, 6.45) is 10.3. The van der Waals surface area contributed by atoms with E-state index >= 15 is 0 Å². The van der Waals surface area contributed by atoms with E-state index in [0.717, 1.165) is 44.7 Å². The first-order chi connectivity index (χ1) is 16.7. The Labute approximate surface area is 198 Å². The van der Waals surface area contributed by atoms with Crippen molar-refractivity contribution in [3.05, 3.63) is 102 Å². The van der Waals surface area contributed by atoms with Gasteiger partial charge in [0.25, 0.3) is 0 Å². The molecule has 0 bridgehead atoms. The molecule has 4 heterocycles. The number of fused-ring (bicyclic) bond motifs is 1. The number of pyridine rings is 2. The normalized spacial score (nSPS) is 12.7. The first-order valence-electron chi connectivity index (χ1n) is 11.3. The minimum atomic E-state index is -0.110. The molecule has 1 N–H and O–H groups in total. The number of rotatable bonds is 8. The van der Waals surface area contributed by atoms with Gasteiger partial charge in [0.1, 0.15) is 12.6 Å². The molecule has 1 aromatic carbocycles. The molecule has 0 radical (unpaired) electrons. The van der Waals surface area contributed by atoms with Gasteiger partial charge in [-0.3, -0.25) is 15.1 Å². The molecule has 0 aliphatic carbocycles. The van der Waals surface area contributed by atoms with E-state index in [-0.39, 0.29) is 6.04 Å². The molecular formula is C27H26N6O. The number of hydrogen-bond acceptors (Lipinski definition) is 5. The highest BCUT2D eigenvalue weighted by Gasteiger charge is 2.23. The maximum absolute atomic E-state index is 5.23. The molecule has 0 saturated carbocycles. The molecule has 7 heteroatoms. The SMILES string of the molecule is CCON=C(C)Cc1cnc2c(-c3cn[nH]c3)cn(C(c3ccccc3)c3ccccn3)c2c1. The monoisotopic (exact) mass is 450 g/mol. The Morgan fingerprint density at radius 1 is 1.09 bits per heavy atom. The Morgan fingerprint density at radius 3 is 2.68 bits per heavy atom. The van der Waals surface area contributed by atoms with Gasteiger partial charge < -0.3 is 9.40 Å². The number of hydrogen-bond donors (Lipinski definition) is 1. The number of aromatic amines is 1. The zero-order valence-electron chi connectivity index (χ0n) is 19.2. The Bertz CT molecular complexity index is 1350. The Kier molecular flexibility index (Phi) is 6.16. The summed E-state index contributed by atoms with van der Waals surface area (Å²) >= 11 is 0. The van der Waals surface area contributed by atoms with Crippen LogP contribution in [0.5, 0.6) is 0 Å². The molecule has 0 saturated heterocycles. The number of nitrogens with zero attached hydrogens (tertiary/aromatic N) is 5. The molecule has 4 aromatic heterocycles. The van der Waals surface area contributed by atoms with Gasteiger partial charge in [-0.25, -0.2) is 0 Å².